The van der Waals surface area contributed by atoms with Crippen LogP contribution >= 0.6 is 0 Å². The maximum Gasteiger partial charge on any atom is 0.128 e. The summed E-state index contributed by atoms with van der Waals surface area (Å²) in [5.41, 5.74) is 1.34. The average molecular weight is 277 g/mol. The Morgan fingerprint density at radius 1 is 1.15 bits per heavy atom. The molecule has 112 valence electrons. The first-order chi connectivity index (χ1) is 9.78. The SMILES string of the molecule is CCCOC1C(NCC)CC1Oc1ccc(CC)cc1. The fourth-order valence-corrected chi connectivity index (χ4v) is 2.61. The van der Waals surface area contributed by atoms with Gasteiger partial charge in [0, 0.05) is 19.1 Å². The van der Waals surface area contributed by atoms with Crippen molar-refractivity contribution in [1.82, 2.24) is 5.32 Å². The van der Waals surface area contributed by atoms with E-state index in [1.807, 2.05) is 0 Å². The van der Waals surface area contributed by atoms with Gasteiger partial charge in [0.15, 0.2) is 0 Å². The third kappa shape index (κ3) is 3.74. The zero-order valence-corrected chi connectivity index (χ0v) is 12.9. The van der Waals surface area contributed by atoms with Crippen LogP contribution in [0.25, 0.3) is 0 Å². The number of hydrogen-bond donors (Lipinski definition) is 1. The van der Waals surface area contributed by atoms with Crippen LogP contribution in [0.2, 0.25) is 0 Å². The molecule has 0 aromatic heterocycles. The van der Waals surface area contributed by atoms with Crippen molar-refractivity contribution in [1.29, 1.82) is 0 Å². The minimum Gasteiger partial charge on any atom is -0.488 e. The summed E-state index contributed by atoms with van der Waals surface area (Å²) in [6.07, 6.45) is 3.50. The van der Waals surface area contributed by atoms with Gasteiger partial charge in [-0.25, -0.2) is 0 Å². The molecule has 1 aromatic carbocycles. The molecule has 1 aromatic rings. The molecule has 0 spiro atoms. The van der Waals surface area contributed by atoms with E-state index in [2.05, 4.69) is 50.4 Å². The van der Waals surface area contributed by atoms with Crippen molar-refractivity contribution in [2.45, 2.75) is 58.3 Å². The molecule has 3 atom stereocenters. The van der Waals surface area contributed by atoms with Crippen LogP contribution < -0.4 is 10.1 Å². The Labute approximate surface area is 122 Å². The zero-order valence-electron chi connectivity index (χ0n) is 12.9. The average Bonchev–Trinajstić information content (AvgIpc) is 2.47. The van der Waals surface area contributed by atoms with Crippen molar-refractivity contribution in [2.24, 2.45) is 0 Å². The van der Waals surface area contributed by atoms with E-state index in [1.54, 1.807) is 0 Å². The van der Waals surface area contributed by atoms with Crippen LogP contribution in [-0.2, 0) is 11.2 Å². The third-order valence-electron chi connectivity index (χ3n) is 3.85. The highest BCUT2D eigenvalue weighted by molar-refractivity contribution is 5.28. The van der Waals surface area contributed by atoms with Gasteiger partial charge in [-0.2, -0.15) is 0 Å². The van der Waals surface area contributed by atoms with E-state index in [-0.39, 0.29) is 12.2 Å². The number of ether oxygens (including phenoxy) is 2. The molecule has 2 rings (SSSR count). The van der Waals surface area contributed by atoms with Gasteiger partial charge in [0.1, 0.15) is 18.0 Å². The van der Waals surface area contributed by atoms with E-state index in [9.17, 15) is 0 Å². The second-order valence-electron chi connectivity index (χ2n) is 5.39. The van der Waals surface area contributed by atoms with Crippen LogP contribution in [0.15, 0.2) is 24.3 Å². The van der Waals surface area contributed by atoms with Gasteiger partial charge in [-0.3, -0.25) is 0 Å². The monoisotopic (exact) mass is 277 g/mol. The quantitative estimate of drug-likeness (QED) is 0.791. The molecule has 1 aliphatic carbocycles. The molecule has 0 amide bonds. The summed E-state index contributed by atoms with van der Waals surface area (Å²) in [6.45, 7) is 8.22. The number of aryl methyl sites for hydroxylation is 1. The maximum absolute atomic E-state index is 6.07. The fourth-order valence-electron chi connectivity index (χ4n) is 2.61. The summed E-state index contributed by atoms with van der Waals surface area (Å²) in [4.78, 5) is 0. The molecule has 0 radical (unpaired) electrons. The third-order valence-corrected chi connectivity index (χ3v) is 3.85. The summed E-state index contributed by atoms with van der Waals surface area (Å²) in [5, 5.41) is 3.47. The van der Waals surface area contributed by atoms with E-state index in [0.29, 0.717) is 6.04 Å². The van der Waals surface area contributed by atoms with Gasteiger partial charge in [0.2, 0.25) is 0 Å². The van der Waals surface area contributed by atoms with E-state index >= 15 is 0 Å². The predicted octanol–water partition coefficient (Wildman–Crippen LogP) is 3.17. The highest BCUT2D eigenvalue weighted by Gasteiger charge is 2.43. The largest absolute Gasteiger partial charge is 0.488 e. The Morgan fingerprint density at radius 3 is 2.50 bits per heavy atom. The summed E-state index contributed by atoms with van der Waals surface area (Å²) in [7, 11) is 0. The standard InChI is InChI=1S/C17H27NO2/c1-4-11-19-17-15(18-6-3)12-16(17)20-14-9-7-13(5-2)8-10-14/h7-10,15-18H,4-6,11-12H2,1-3H3. The predicted molar refractivity (Wildman–Crippen MR) is 82.3 cm³/mol. The van der Waals surface area contributed by atoms with Crippen LogP contribution in [0.1, 0.15) is 39.2 Å². The number of nitrogens with one attached hydrogen (secondary N) is 1. The smallest absolute Gasteiger partial charge is 0.128 e. The Morgan fingerprint density at radius 2 is 1.90 bits per heavy atom. The minimum absolute atomic E-state index is 0.179. The van der Waals surface area contributed by atoms with Crippen molar-refractivity contribution in [3.05, 3.63) is 29.8 Å². The summed E-state index contributed by atoms with van der Waals surface area (Å²) in [5.74, 6) is 0.951. The molecule has 1 aliphatic rings. The van der Waals surface area contributed by atoms with Crippen LogP contribution in [0.5, 0.6) is 5.75 Å². The second kappa shape index (κ2) is 7.65. The van der Waals surface area contributed by atoms with Gasteiger partial charge in [-0.05, 0) is 37.1 Å². The summed E-state index contributed by atoms with van der Waals surface area (Å²) < 4.78 is 12.0. The molecule has 0 aliphatic heterocycles. The van der Waals surface area contributed by atoms with Crippen LogP contribution in [-0.4, -0.2) is 31.4 Å². The van der Waals surface area contributed by atoms with Crippen LogP contribution in [0.3, 0.4) is 0 Å². The molecule has 20 heavy (non-hydrogen) atoms. The molecule has 3 nitrogen and oxygen atoms in total. The first-order valence-corrected chi connectivity index (χ1v) is 7.89. The molecule has 0 saturated heterocycles. The lowest BCUT2D eigenvalue weighted by atomic mass is 9.85. The number of benzene rings is 1. The molecular weight excluding hydrogens is 250 g/mol. The number of rotatable bonds is 8. The molecular formula is C17H27NO2. The number of hydrogen-bond acceptors (Lipinski definition) is 3. The molecule has 1 N–H and O–H groups in total. The Hall–Kier alpha value is -1.06. The van der Waals surface area contributed by atoms with Crippen molar-refractivity contribution in [3.8, 4) is 5.75 Å². The maximum atomic E-state index is 6.07. The lowest BCUT2D eigenvalue weighted by molar-refractivity contribution is -0.107. The normalized spacial score (nSPS) is 25.2. The Kier molecular flexibility index (Phi) is 5.86. The van der Waals surface area contributed by atoms with Gasteiger partial charge in [-0.15, -0.1) is 0 Å². The van der Waals surface area contributed by atoms with Crippen molar-refractivity contribution >= 4 is 0 Å². The van der Waals surface area contributed by atoms with Crippen molar-refractivity contribution in [3.63, 3.8) is 0 Å². The van der Waals surface area contributed by atoms with Gasteiger partial charge in [0.05, 0.1) is 0 Å². The topological polar surface area (TPSA) is 30.5 Å². The first-order valence-electron chi connectivity index (χ1n) is 7.89. The molecule has 1 fully saturated rings. The lowest BCUT2D eigenvalue weighted by Gasteiger charge is -2.44. The van der Waals surface area contributed by atoms with Crippen molar-refractivity contribution < 1.29 is 9.47 Å². The van der Waals surface area contributed by atoms with Gasteiger partial charge < -0.3 is 14.8 Å². The fraction of sp³-hybridized carbons (Fsp3) is 0.647. The number of likely N-dealkylation sites (N-methyl/N-ethyl adjacent to an activating group) is 1. The molecule has 0 bridgehead atoms. The molecule has 0 heterocycles. The van der Waals surface area contributed by atoms with Gasteiger partial charge in [0.25, 0.3) is 0 Å². The Balaban J connectivity index is 1.90. The molecule has 1 saturated carbocycles. The van der Waals surface area contributed by atoms with Crippen LogP contribution in [0.4, 0.5) is 0 Å². The highest BCUT2D eigenvalue weighted by Crippen LogP contribution is 2.29. The summed E-state index contributed by atoms with van der Waals surface area (Å²) >= 11 is 0. The Bertz CT molecular complexity index is 390. The van der Waals surface area contributed by atoms with E-state index in [4.69, 9.17) is 9.47 Å². The van der Waals surface area contributed by atoms with Gasteiger partial charge >= 0.3 is 0 Å². The molecule has 3 heteroatoms. The van der Waals surface area contributed by atoms with E-state index in [0.717, 1.165) is 38.2 Å². The lowest BCUT2D eigenvalue weighted by Crippen LogP contribution is -2.61. The zero-order chi connectivity index (χ0) is 14.4. The first kappa shape index (κ1) is 15.3. The van der Waals surface area contributed by atoms with Crippen molar-refractivity contribution in [2.75, 3.05) is 13.2 Å². The summed E-state index contributed by atoms with van der Waals surface area (Å²) in [6, 6.07) is 8.84. The highest BCUT2D eigenvalue weighted by atomic mass is 16.5. The van der Waals surface area contributed by atoms with E-state index < -0.39 is 0 Å². The second-order valence-corrected chi connectivity index (χ2v) is 5.39. The van der Waals surface area contributed by atoms with Crippen LogP contribution in [0, 0.1) is 0 Å². The minimum atomic E-state index is 0.179. The van der Waals surface area contributed by atoms with Gasteiger partial charge in [-0.1, -0.05) is 32.9 Å². The van der Waals surface area contributed by atoms with E-state index in [1.165, 1.54) is 5.56 Å². The molecule has 3 unspecified atom stereocenters.